The molecule has 0 radical (unpaired) electrons. The Hall–Kier alpha value is -1.54. The fraction of sp³-hybridized carbons (Fsp3) is 0.312. The SMILES string of the molecule is CC.Cc1ccc(Nc2cncc(F)c2P(C)C)c(F)c1. The molecule has 2 nitrogen and oxygen atoms in total. The average Bonchev–Trinajstić information content (AvgIpc) is 2.44. The van der Waals surface area contributed by atoms with E-state index in [2.05, 4.69) is 10.3 Å². The summed E-state index contributed by atoms with van der Waals surface area (Å²) in [6.07, 6.45) is 2.72. The number of hydrogen-bond donors (Lipinski definition) is 1. The first kappa shape index (κ1) is 17.5. The molecule has 5 heteroatoms. The molecule has 0 aliphatic carbocycles. The fourth-order valence-electron chi connectivity index (χ4n) is 1.84. The molecule has 0 spiro atoms. The van der Waals surface area contributed by atoms with E-state index in [4.69, 9.17) is 0 Å². The van der Waals surface area contributed by atoms with Gasteiger partial charge in [-0.3, -0.25) is 4.98 Å². The fourth-order valence-corrected chi connectivity index (χ4v) is 2.92. The van der Waals surface area contributed by atoms with Crippen LogP contribution in [0, 0.1) is 18.6 Å². The van der Waals surface area contributed by atoms with Gasteiger partial charge in [-0.2, -0.15) is 0 Å². The summed E-state index contributed by atoms with van der Waals surface area (Å²) in [4.78, 5) is 3.82. The quantitative estimate of drug-likeness (QED) is 0.823. The number of hydrogen-bond acceptors (Lipinski definition) is 2. The van der Waals surface area contributed by atoms with E-state index in [1.807, 2.05) is 34.1 Å². The second-order valence-corrected chi connectivity index (χ2v) is 6.76. The standard InChI is InChI=1S/C14H15F2N2P.C2H6/c1-9-4-5-12(10(15)6-9)18-13-8-17-7-11(16)14(13)19(2)3;1-2/h4-8,18H,1-3H3;1-2H3. The summed E-state index contributed by atoms with van der Waals surface area (Å²) in [5, 5.41) is 3.50. The number of rotatable bonds is 3. The van der Waals surface area contributed by atoms with Gasteiger partial charge in [0.1, 0.15) is 5.82 Å². The lowest BCUT2D eigenvalue weighted by atomic mass is 10.2. The zero-order valence-corrected chi connectivity index (χ0v) is 13.9. The lowest BCUT2D eigenvalue weighted by Crippen LogP contribution is -2.13. The average molecular weight is 310 g/mol. The highest BCUT2D eigenvalue weighted by atomic mass is 31.1. The van der Waals surface area contributed by atoms with Crippen molar-refractivity contribution in [2.75, 3.05) is 18.6 Å². The Morgan fingerprint density at radius 3 is 2.24 bits per heavy atom. The van der Waals surface area contributed by atoms with Gasteiger partial charge in [0.25, 0.3) is 0 Å². The van der Waals surface area contributed by atoms with Crippen molar-refractivity contribution < 1.29 is 8.78 Å². The molecule has 0 unspecified atom stereocenters. The van der Waals surface area contributed by atoms with Gasteiger partial charge in [-0.05, 0) is 37.9 Å². The number of aryl methyl sites for hydroxylation is 1. The van der Waals surface area contributed by atoms with Crippen LogP contribution >= 0.6 is 7.92 Å². The van der Waals surface area contributed by atoms with Crippen LogP contribution in [0.5, 0.6) is 0 Å². The van der Waals surface area contributed by atoms with Crippen LogP contribution < -0.4 is 10.6 Å². The van der Waals surface area contributed by atoms with Crippen LogP contribution in [0.4, 0.5) is 20.2 Å². The molecule has 1 aromatic heterocycles. The van der Waals surface area contributed by atoms with Crippen LogP contribution in [0.25, 0.3) is 0 Å². The third kappa shape index (κ3) is 4.47. The van der Waals surface area contributed by atoms with Gasteiger partial charge in [0, 0.05) is 5.30 Å². The van der Waals surface area contributed by atoms with Crippen LogP contribution in [0.1, 0.15) is 19.4 Å². The number of nitrogens with zero attached hydrogens (tertiary/aromatic N) is 1. The first-order valence-electron chi connectivity index (χ1n) is 6.83. The van der Waals surface area contributed by atoms with Gasteiger partial charge in [0.2, 0.25) is 0 Å². The molecule has 0 bridgehead atoms. The highest BCUT2D eigenvalue weighted by Gasteiger charge is 2.14. The molecule has 2 aromatic rings. The summed E-state index contributed by atoms with van der Waals surface area (Å²) in [7, 11) is -0.649. The minimum absolute atomic E-state index is 0.330. The van der Waals surface area contributed by atoms with E-state index in [9.17, 15) is 8.78 Å². The van der Waals surface area contributed by atoms with E-state index < -0.39 is 7.92 Å². The summed E-state index contributed by atoms with van der Waals surface area (Å²) in [5.41, 5.74) is 1.70. The zero-order valence-electron chi connectivity index (χ0n) is 13.0. The molecule has 0 aliphatic heterocycles. The van der Waals surface area contributed by atoms with Gasteiger partial charge in [0.15, 0.2) is 5.82 Å². The molecule has 0 fully saturated rings. The number of pyridine rings is 1. The number of nitrogens with one attached hydrogen (secondary N) is 1. The Morgan fingerprint density at radius 2 is 1.67 bits per heavy atom. The number of halogens is 2. The van der Waals surface area contributed by atoms with Crippen molar-refractivity contribution in [3.05, 3.63) is 47.8 Å². The summed E-state index contributed by atoms with van der Waals surface area (Å²) < 4.78 is 27.6. The summed E-state index contributed by atoms with van der Waals surface area (Å²) >= 11 is 0. The molecule has 2 rings (SSSR count). The van der Waals surface area contributed by atoms with E-state index >= 15 is 0 Å². The topological polar surface area (TPSA) is 24.9 Å². The van der Waals surface area contributed by atoms with Gasteiger partial charge in [-0.25, -0.2) is 8.78 Å². The summed E-state index contributed by atoms with van der Waals surface area (Å²) in [6.45, 7) is 9.72. The van der Waals surface area contributed by atoms with Crippen LogP contribution in [0.15, 0.2) is 30.6 Å². The predicted octanol–water partition coefficient (Wildman–Crippen LogP) is 4.80. The van der Waals surface area contributed by atoms with E-state index in [0.717, 1.165) is 5.56 Å². The van der Waals surface area contributed by atoms with Crippen molar-refractivity contribution in [2.24, 2.45) is 0 Å². The van der Waals surface area contributed by atoms with Crippen molar-refractivity contribution in [3.63, 3.8) is 0 Å². The first-order chi connectivity index (χ1) is 9.99. The lowest BCUT2D eigenvalue weighted by molar-refractivity contribution is 0.628. The monoisotopic (exact) mass is 310 g/mol. The molecule has 0 saturated heterocycles. The maximum absolute atomic E-state index is 13.8. The zero-order chi connectivity index (χ0) is 16.0. The first-order valence-corrected chi connectivity index (χ1v) is 9.06. The van der Waals surface area contributed by atoms with Gasteiger partial charge < -0.3 is 5.32 Å². The van der Waals surface area contributed by atoms with Gasteiger partial charge in [-0.15, -0.1) is 0 Å². The maximum Gasteiger partial charge on any atom is 0.151 e. The Balaban J connectivity index is 0.00000106. The molecule has 0 atom stereocenters. The Morgan fingerprint density at radius 1 is 1.00 bits per heavy atom. The van der Waals surface area contributed by atoms with Crippen molar-refractivity contribution in [2.45, 2.75) is 20.8 Å². The van der Waals surface area contributed by atoms with Crippen LogP contribution in [-0.2, 0) is 0 Å². The molecule has 0 aliphatic rings. The van der Waals surface area contributed by atoms with Crippen LogP contribution in [0.2, 0.25) is 0 Å². The number of benzene rings is 1. The lowest BCUT2D eigenvalue weighted by Gasteiger charge is -2.15. The number of anilines is 2. The minimum atomic E-state index is -0.649. The molecule has 114 valence electrons. The molecule has 0 amide bonds. The maximum atomic E-state index is 13.8. The number of aromatic nitrogens is 1. The van der Waals surface area contributed by atoms with E-state index in [-0.39, 0.29) is 11.6 Å². The predicted molar refractivity (Wildman–Crippen MR) is 88.4 cm³/mol. The molecule has 1 N–H and O–H groups in total. The van der Waals surface area contributed by atoms with Gasteiger partial charge in [0.05, 0.1) is 23.8 Å². The molecule has 21 heavy (non-hydrogen) atoms. The Bertz CT molecular complexity index is 601. The Kier molecular flexibility index (Phi) is 6.70. The van der Waals surface area contributed by atoms with Crippen molar-refractivity contribution in [3.8, 4) is 0 Å². The molecule has 0 saturated carbocycles. The smallest absolute Gasteiger partial charge is 0.151 e. The second kappa shape index (κ2) is 8.04. The van der Waals surface area contributed by atoms with Crippen LogP contribution in [0.3, 0.4) is 0 Å². The van der Waals surface area contributed by atoms with E-state index in [1.165, 1.54) is 18.5 Å². The van der Waals surface area contributed by atoms with Crippen LogP contribution in [-0.4, -0.2) is 18.3 Å². The summed E-state index contributed by atoms with van der Waals surface area (Å²) in [5.74, 6) is -0.708. The van der Waals surface area contributed by atoms with Crippen molar-refractivity contribution in [1.82, 2.24) is 4.98 Å². The third-order valence-electron chi connectivity index (χ3n) is 2.71. The second-order valence-electron chi connectivity index (χ2n) is 4.52. The van der Waals surface area contributed by atoms with Gasteiger partial charge in [-0.1, -0.05) is 27.8 Å². The normalized spacial score (nSPS) is 10.1. The van der Waals surface area contributed by atoms with Gasteiger partial charge >= 0.3 is 0 Å². The third-order valence-corrected chi connectivity index (χ3v) is 4.06. The molecule has 1 heterocycles. The van der Waals surface area contributed by atoms with E-state index in [0.29, 0.717) is 16.7 Å². The largest absolute Gasteiger partial charge is 0.351 e. The van der Waals surface area contributed by atoms with Crippen molar-refractivity contribution in [1.29, 1.82) is 0 Å². The summed E-state index contributed by atoms with van der Waals surface area (Å²) in [6, 6.07) is 4.89. The highest BCUT2D eigenvalue weighted by molar-refractivity contribution is 7.64. The molecular weight excluding hydrogens is 289 g/mol. The van der Waals surface area contributed by atoms with Crippen molar-refractivity contribution >= 4 is 24.6 Å². The Labute approximate surface area is 126 Å². The molecular formula is C16H21F2N2P. The van der Waals surface area contributed by atoms with E-state index in [1.54, 1.807) is 12.1 Å². The minimum Gasteiger partial charge on any atom is -0.351 e. The highest BCUT2D eigenvalue weighted by Crippen LogP contribution is 2.31. The molecule has 1 aromatic carbocycles.